The van der Waals surface area contributed by atoms with Crippen LogP contribution in [0.5, 0.6) is 0 Å². The highest BCUT2D eigenvalue weighted by Gasteiger charge is 2.41. The fourth-order valence-corrected chi connectivity index (χ4v) is 6.13. The molecule has 1 saturated heterocycles. The van der Waals surface area contributed by atoms with Crippen molar-refractivity contribution in [3.63, 3.8) is 0 Å². The van der Waals surface area contributed by atoms with Crippen LogP contribution in [0.25, 0.3) is 22.2 Å². The van der Waals surface area contributed by atoms with Crippen molar-refractivity contribution in [1.29, 1.82) is 0 Å². The second-order valence-electron chi connectivity index (χ2n) is 10.4. The largest absolute Gasteiger partial charge is 0.416 e. The number of carbonyl (C=O) groups is 1. The normalized spacial score (nSPS) is 20.9. The first-order valence-electron chi connectivity index (χ1n) is 13.1. The molecule has 1 aliphatic carbocycles. The van der Waals surface area contributed by atoms with Gasteiger partial charge in [-0.25, -0.2) is 15.0 Å². The number of hydrogen-bond donors (Lipinski definition) is 2. The van der Waals surface area contributed by atoms with E-state index in [0.29, 0.717) is 23.7 Å². The van der Waals surface area contributed by atoms with E-state index in [-0.39, 0.29) is 11.4 Å². The van der Waals surface area contributed by atoms with E-state index >= 15 is 0 Å². The number of benzene rings is 1. The standard InChI is InChI=1S/C29H28F3N7O/c1-2-9-38-13-19-10-22(11-20(19)14-38)39-15-23(25-26(33)35-16-36-27(25)39)17-3-5-18(6-4-17)28(40)37-24-12-21(7-8-34-24)29(30,31)32/h2-9,12,15-16,19-20,22H,10-11,13-14H2,1H3,(H2,33,35,36)(H,34,37,40). The molecule has 4 heterocycles. The van der Waals surface area contributed by atoms with E-state index in [2.05, 4.69) is 48.2 Å². The van der Waals surface area contributed by atoms with Crippen molar-refractivity contribution in [1.82, 2.24) is 24.4 Å². The monoisotopic (exact) mass is 547 g/mol. The number of fused-ring (bicyclic) bond motifs is 2. The molecule has 3 N–H and O–H groups in total. The summed E-state index contributed by atoms with van der Waals surface area (Å²) in [5, 5.41) is 3.20. The third kappa shape index (κ3) is 4.76. The van der Waals surface area contributed by atoms with Crippen molar-refractivity contribution in [2.75, 3.05) is 24.1 Å². The Kier molecular flexibility index (Phi) is 6.44. The molecule has 206 valence electrons. The van der Waals surface area contributed by atoms with E-state index < -0.39 is 17.6 Å². The van der Waals surface area contributed by atoms with E-state index in [1.807, 2.05) is 6.92 Å². The highest BCUT2D eigenvalue weighted by molar-refractivity contribution is 6.05. The summed E-state index contributed by atoms with van der Waals surface area (Å²) in [6.45, 7) is 4.17. The summed E-state index contributed by atoms with van der Waals surface area (Å²) in [5.41, 5.74) is 8.21. The molecule has 2 aliphatic rings. The smallest absolute Gasteiger partial charge is 0.383 e. The van der Waals surface area contributed by atoms with Crippen molar-refractivity contribution in [3.05, 3.63) is 78.5 Å². The van der Waals surface area contributed by atoms with Gasteiger partial charge in [-0.2, -0.15) is 13.2 Å². The van der Waals surface area contributed by atoms with Crippen molar-refractivity contribution in [2.24, 2.45) is 11.8 Å². The number of pyridine rings is 1. The molecule has 1 saturated carbocycles. The van der Waals surface area contributed by atoms with E-state index in [1.54, 1.807) is 24.3 Å². The van der Waals surface area contributed by atoms with Crippen molar-refractivity contribution >= 4 is 28.6 Å². The fraction of sp³-hybridized carbons (Fsp3) is 0.310. The zero-order valence-electron chi connectivity index (χ0n) is 21.8. The molecule has 0 radical (unpaired) electrons. The maximum atomic E-state index is 13.0. The maximum absolute atomic E-state index is 13.0. The van der Waals surface area contributed by atoms with E-state index in [4.69, 9.17) is 5.73 Å². The highest BCUT2D eigenvalue weighted by atomic mass is 19.4. The van der Waals surface area contributed by atoms with E-state index in [9.17, 15) is 18.0 Å². The minimum atomic E-state index is -4.53. The van der Waals surface area contributed by atoms with Crippen LogP contribution in [0.4, 0.5) is 24.8 Å². The molecule has 40 heavy (non-hydrogen) atoms. The van der Waals surface area contributed by atoms with Gasteiger partial charge in [0.2, 0.25) is 0 Å². The highest BCUT2D eigenvalue weighted by Crippen LogP contribution is 2.46. The summed E-state index contributed by atoms with van der Waals surface area (Å²) in [4.78, 5) is 27.8. The third-order valence-corrected chi connectivity index (χ3v) is 7.93. The topological polar surface area (TPSA) is 102 Å². The number of amides is 1. The van der Waals surface area contributed by atoms with Crippen molar-refractivity contribution < 1.29 is 18.0 Å². The molecule has 6 rings (SSSR count). The molecule has 11 heteroatoms. The first kappa shape index (κ1) is 25.8. The number of likely N-dealkylation sites (tertiary alicyclic amines) is 1. The number of rotatable bonds is 5. The lowest BCUT2D eigenvalue weighted by molar-refractivity contribution is -0.137. The number of allylic oxidation sites excluding steroid dienone is 1. The Morgan fingerprint density at radius 2 is 1.80 bits per heavy atom. The Balaban J connectivity index is 1.25. The number of nitrogen functional groups attached to an aromatic ring is 1. The SMILES string of the molecule is CC=CN1CC2CC(n3cc(-c4ccc(C(=O)Nc5cc(C(F)(F)F)ccn5)cc4)c4c(N)ncnc43)CC2C1. The fourth-order valence-electron chi connectivity index (χ4n) is 6.13. The van der Waals surface area contributed by atoms with Crippen LogP contribution in [0.2, 0.25) is 0 Å². The molecule has 2 fully saturated rings. The molecule has 2 atom stereocenters. The number of anilines is 2. The lowest BCUT2D eigenvalue weighted by Gasteiger charge is -2.18. The van der Waals surface area contributed by atoms with Crippen LogP contribution in [-0.4, -0.2) is 43.4 Å². The minimum Gasteiger partial charge on any atom is -0.383 e. The van der Waals surface area contributed by atoms with Gasteiger partial charge < -0.3 is 20.5 Å². The number of nitrogens with zero attached hydrogens (tertiary/aromatic N) is 5. The van der Waals surface area contributed by atoms with Crippen LogP contribution in [0, 0.1) is 11.8 Å². The van der Waals surface area contributed by atoms with Crippen LogP contribution in [0.3, 0.4) is 0 Å². The Morgan fingerprint density at radius 3 is 2.48 bits per heavy atom. The number of halogens is 3. The molecule has 1 amide bonds. The molecule has 1 aromatic carbocycles. The minimum absolute atomic E-state index is 0.174. The second-order valence-corrected chi connectivity index (χ2v) is 10.4. The van der Waals surface area contributed by atoms with Gasteiger partial charge in [-0.05, 0) is 67.6 Å². The Hall–Kier alpha value is -4.41. The average molecular weight is 548 g/mol. The second kappa shape index (κ2) is 9.96. The molecule has 0 spiro atoms. The Morgan fingerprint density at radius 1 is 1.07 bits per heavy atom. The molecule has 0 bridgehead atoms. The Labute approximate surface area is 228 Å². The van der Waals surface area contributed by atoms with Crippen molar-refractivity contribution in [2.45, 2.75) is 32.0 Å². The van der Waals surface area contributed by atoms with Crippen LogP contribution < -0.4 is 11.1 Å². The molecule has 4 aromatic rings. The summed E-state index contributed by atoms with van der Waals surface area (Å²) < 4.78 is 41.3. The molecular weight excluding hydrogens is 519 g/mol. The van der Waals surface area contributed by atoms with E-state index in [1.165, 1.54) is 6.33 Å². The number of nitrogens with two attached hydrogens (primary N) is 1. The summed E-state index contributed by atoms with van der Waals surface area (Å²) >= 11 is 0. The van der Waals surface area contributed by atoms with Gasteiger partial charge >= 0.3 is 6.18 Å². The predicted octanol–water partition coefficient (Wildman–Crippen LogP) is 5.76. The summed E-state index contributed by atoms with van der Waals surface area (Å²) in [6.07, 6.45) is 6.43. The van der Waals surface area contributed by atoms with Crippen molar-refractivity contribution in [3.8, 4) is 11.1 Å². The molecule has 1 aliphatic heterocycles. The van der Waals surface area contributed by atoms with Gasteiger partial charge in [0.15, 0.2) is 0 Å². The molecule has 8 nitrogen and oxygen atoms in total. The van der Waals surface area contributed by atoms with Gasteiger partial charge in [-0.1, -0.05) is 18.2 Å². The van der Waals surface area contributed by atoms with Crippen LogP contribution in [-0.2, 0) is 6.18 Å². The third-order valence-electron chi connectivity index (χ3n) is 7.93. The number of alkyl halides is 3. The van der Waals surface area contributed by atoms with Gasteiger partial charge in [0.05, 0.1) is 10.9 Å². The molecular formula is C29H28F3N7O. The molecule has 2 unspecified atom stereocenters. The number of aromatic nitrogens is 4. The predicted molar refractivity (Wildman–Crippen MR) is 146 cm³/mol. The van der Waals surface area contributed by atoms with Crippen LogP contribution >= 0.6 is 0 Å². The first-order valence-corrected chi connectivity index (χ1v) is 13.1. The molecule has 3 aromatic heterocycles. The zero-order chi connectivity index (χ0) is 28.0. The van der Waals surface area contributed by atoms with E-state index in [0.717, 1.165) is 66.4 Å². The Bertz CT molecular complexity index is 1580. The lowest BCUT2D eigenvalue weighted by Crippen LogP contribution is -2.16. The number of carbonyl (C=O) groups excluding carboxylic acids is 1. The number of hydrogen-bond acceptors (Lipinski definition) is 6. The zero-order valence-corrected chi connectivity index (χ0v) is 21.8. The van der Waals surface area contributed by atoms with Gasteiger partial charge in [0.25, 0.3) is 5.91 Å². The van der Waals surface area contributed by atoms with Gasteiger partial charge in [-0.3, -0.25) is 4.79 Å². The van der Waals surface area contributed by atoms with Crippen LogP contribution in [0.1, 0.15) is 41.7 Å². The van der Waals surface area contributed by atoms with Crippen LogP contribution in [0.15, 0.2) is 67.4 Å². The first-order chi connectivity index (χ1) is 19.2. The summed E-state index contributed by atoms with van der Waals surface area (Å²) in [7, 11) is 0. The lowest BCUT2D eigenvalue weighted by atomic mass is 10.0. The summed E-state index contributed by atoms with van der Waals surface area (Å²) in [6, 6.07) is 8.79. The van der Waals surface area contributed by atoms with Gasteiger partial charge in [0.1, 0.15) is 23.6 Å². The summed E-state index contributed by atoms with van der Waals surface area (Å²) in [5.74, 6) is 0.907. The maximum Gasteiger partial charge on any atom is 0.416 e. The van der Waals surface area contributed by atoms with Gasteiger partial charge in [0, 0.05) is 42.7 Å². The van der Waals surface area contributed by atoms with Gasteiger partial charge in [-0.15, -0.1) is 0 Å². The number of nitrogens with one attached hydrogen (secondary N) is 1. The average Bonchev–Trinajstić information content (AvgIpc) is 3.61. The quantitative estimate of drug-likeness (QED) is 0.329.